The summed E-state index contributed by atoms with van der Waals surface area (Å²) < 4.78 is 2.51. The summed E-state index contributed by atoms with van der Waals surface area (Å²) in [6.07, 6.45) is 1.72. The van der Waals surface area contributed by atoms with Gasteiger partial charge in [0.25, 0.3) is 11.2 Å². The van der Waals surface area contributed by atoms with Gasteiger partial charge in [0.15, 0.2) is 0 Å². The van der Waals surface area contributed by atoms with Crippen LogP contribution in [0, 0.1) is 10.1 Å². The SMILES string of the molecule is O=c1c2ccsc2ccn1Cc1cccc([N+](=O)[O-])c1. The van der Waals surface area contributed by atoms with Gasteiger partial charge in [0.2, 0.25) is 0 Å². The molecule has 0 bridgehead atoms. The molecule has 0 saturated carbocycles. The fourth-order valence-electron chi connectivity index (χ4n) is 2.10. The lowest BCUT2D eigenvalue weighted by atomic mass is 10.2. The van der Waals surface area contributed by atoms with Crippen molar-refractivity contribution in [3.05, 3.63) is 74.0 Å². The number of nitro benzene ring substituents is 1. The van der Waals surface area contributed by atoms with Gasteiger partial charge in [-0.05, 0) is 23.1 Å². The highest BCUT2D eigenvalue weighted by Gasteiger charge is 2.08. The molecule has 0 aliphatic rings. The third kappa shape index (κ3) is 2.21. The van der Waals surface area contributed by atoms with E-state index in [0.717, 1.165) is 10.3 Å². The molecular formula is C14H10N2O3S. The molecular weight excluding hydrogens is 276 g/mol. The van der Waals surface area contributed by atoms with Crippen LogP contribution in [-0.4, -0.2) is 9.49 Å². The van der Waals surface area contributed by atoms with E-state index < -0.39 is 4.92 Å². The lowest BCUT2D eigenvalue weighted by Gasteiger charge is -2.05. The lowest BCUT2D eigenvalue weighted by Crippen LogP contribution is -2.19. The molecule has 6 heteroatoms. The molecule has 0 N–H and O–H groups in total. The van der Waals surface area contributed by atoms with Crippen molar-refractivity contribution in [1.29, 1.82) is 0 Å². The van der Waals surface area contributed by atoms with Crippen LogP contribution in [-0.2, 0) is 6.54 Å². The highest BCUT2D eigenvalue weighted by Crippen LogP contribution is 2.17. The van der Waals surface area contributed by atoms with Gasteiger partial charge in [0.1, 0.15) is 0 Å². The lowest BCUT2D eigenvalue weighted by molar-refractivity contribution is -0.384. The van der Waals surface area contributed by atoms with Crippen LogP contribution >= 0.6 is 11.3 Å². The van der Waals surface area contributed by atoms with Crippen LogP contribution < -0.4 is 5.56 Å². The molecule has 3 aromatic rings. The molecule has 0 spiro atoms. The maximum Gasteiger partial charge on any atom is 0.269 e. The molecule has 2 aromatic heterocycles. The molecule has 2 heterocycles. The van der Waals surface area contributed by atoms with Gasteiger partial charge in [-0.15, -0.1) is 11.3 Å². The van der Waals surface area contributed by atoms with Crippen molar-refractivity contribution in [2.75, 3.05) is 0 Å². The van der Waals surface area contributed by atoms with E-state index in [-0.39, 0.29) is 11.2 Å². The average Bonchev–Trinajstić information content (AvgIpc) is 2.91. The molecule has 3 rings (SSSR count). The van der Waals surface area contributed by atoms with Crippen LogP contribution in [0.15, 0.2) is 52.8 Å². The number of benzene rings is 1. The first-order valence-corrected chi connectivity index (χ1v) is 6.83. The summed E-state index contributed by atoms with van der Waals surface area (Å²) in [6.45, 7) is 0.326. The van der Waals surface area contributed by atoms with Crippen molar-refractivity contribution in [1.82, 2.24) is 4.57 Å². The van der Waals surface area contributed by atoms with Crippen molar-refractivity contribution in [2.45, 2.75) is 6.54 Å². The second-order valence-electron chi connectivity index (χ2n) is 4.37. The van der Waals surface area contributed by atoms with Crippen LogP contribution in [0.2, 0.25) is 0 Å². The Kier molecular flexibility index (Phi) is 3.08. The Labute approximate surface area is 117 Å². The number of nitrogens with zero attached hydrogens (tertiary/aromatic N) is 2. The highest BCUT2D eigenvalue weighted by molar-refractivity contribution is 7.17. The van der Waals surface area contributed by atoms with E-state index in [4.69, 9.17) is 0 Å². The molecule has 1 aromatic carbocycles. The quantitative estimate of drug-likeness (QED) is 0.549. The highest BCUT2D eigenvalue weighted by atomic mass is 32.1. The minimum absolute atomic E-state index is 0.0344. The number of non-ortho nitro benzene ring substituents is 1. The van der Waals surface area contributed by atoms with Gasteiger partial charge in [-0.25, -0.2) is 0 Å². The number of pyridine rings is 1. The Balaban J connectivity index is 2.01. The Morgan fingerprint density at radius 2 is 2.10 bits per heavy atom. The number of thiophene rings is 1. The molecule has 0 atom stereocenters. The molecule has 0 aliphatic carbocycles. The zero-order chi connectivity index (χ0) is 14.1. The molecule has 100 valence electrons. The van der Waals surface area contributed by atoms with Gasteiger partial charge in [-0.1, -0.05) is 12.1 Å². The Bertz CT molecular complexity index is 851. The zero-order valence-corrected chi connectivity index (χ0v) is 11.2. The van der Waals surface area contributed by atoms with Crippen molar-refractivity contribution < 1.29 is 4.92 Å². The van der Waals surface area contributed by atoms with Gasteiger partial charge in [0, 0.05) is 23.0 Å². The number of fused-ring (bicyclic) bond motifs is 1. The van der Waals surface area contributed by atoms with Crippen LogP contribution in [0.1, 0.15) is 5.56 Å². The summed E-state index contributed by atoms with van der Waals surface area (Å²) in [5.41, 5.74) is 0.693. The molecule has 0 aliphatic heterocycles. The van der Waals surface area contributed by atoms with Gasteiger partial charge < -0.3 is 4.57 Å². The first-order valence-electron chi connectivity index (χ1n) is 5.95. The van der Waals surface area contributed by atoms with E-state index in [2.05, 4.69) is 0 Å². The molecule has 0 radical (unpaired) electrons. The smallest absolute Gasteiger partial charge is 0.269 e. The average molecular weight is 286 g/mol. The number of hydrogen-bond acceptors (Lipinski definition) is 4. The summed E-state index contributed by atoms with van der Waals surface area (Å²) in [5.74, 6) is 0. The summed E-state index contributed by atoms with van der Waals surface area (Å²) in [5, 5.41) is 13.3. The van der Waals surface area contributed by atoms with Crippen LogP contribution in [0.25, 0.3) is 10.1 Å². The standard InChI is InChI=1S/C14H10N2O3S/c17-14-12-5-7-20-13(12)4-6-15(14)9-10-2-1-3-11(8-10)16(18)19/h1-8H,9H2. The summed E-state index contributed by atoms with van der Waals surface area (Å²) >= 11 is 1.52. The van der Waals surface area contributed by atoms with Crippen LogP contribution in [0.5, 0.6) is 0 Å². The fraction of sp³-hybridized carbons (Fsp3) is 0.0714. The summed E-state index contributed by atoms with van der Waals surface area (Å²) in [4.78, 5) is 22.6. The molecule has 5 nitrogen and oxygen atoms in total. The fourth-order valence-corrected chi connectivity index (χ4v) is 2.87. The molecule has 0 amide bonds. The van der Waals surface area contributed by atoms with E-state index in [1.165, 1.54) is 23.5 Å². The number of aromatic nitrogens is 1. The predicted octanol–water partition coefficient (Wildman–Crippen LogP) is 3.02. The molecule has 0 fully saturated rings. The first-order chi connectivity index (χ1) is 9.65. The maximum absolute atomic E-state index is 12.2. The topological polar surface area (TPSA) is 65.1 Å². The Hall–Kier alpha value is -2.47. The van der Waals surface area contributed by atoms with Crippen molar-refractivity contribution in [2.24, 2.45) is 0 Å². The van der Waals surface area contributed by atoms with Gasteiger partial charge >= 0.3 is 0 Å². The van der Waals surface area contributed by atoms with E-state index in [1.54, 1.807) is 29.0 Å². The summed E-state index contributed by atoms with van der Waals surface area (Å²) in [7, 11) is 0. The Morgan fingerprint density at radius 1 is 1.25 bits per heavy atom. The maximum atomic E-state index is 12.2. The molecule has 0 saturated heterocycles. The normalized spacial score (nSPS) is 10.8. The second kappa shape index (κ2) is 4.90. The van der Waals surface area contributed by atoms with E-state index in [1.807, 2.05) is 11.4 Å². The Morgan fingerprint density at radius 3 is 2.90 bits per heavy atom. The van der Waals surface area contributed by atoms with Crippen molar-refractivity contribution >= 4 is 27.1 Å². The van der Waals surface area contributed by atoms with Gasteiger partial charge in [-0.3, -0.25) is 14.9 Å². The van der Waals surface area contributed by atoms with Crippen molar-refractivity contribution in [3.63, 3.8) is 0 Å². The number of hydrogen-bond donors (Lipinski definition) is 0. The van der Waals surface area contributed by atoms with E-state index in [9.17, 15) is 14.9 Å². The first kappa shape index (κ1) is 12.6. The minimum atomic E-state index is -0.436. The van der Waals surface area contributed by atoms with Gasteiger partial charge in [0.05, 0.1) is 16.9 Å². The monoisotopic (exact) mass is 286 g/mol. The van der Waals surface area contributed by atoms with Gasteiger partial charge in [-0.2, -0.15) is 0 Å². The minimum Gasteiger partial charge on any atom is -0.311 e. The van der Waals surface area contributed by atoms with E-state index >= 15 is 0 Å². The third-order valence-electron chi connectivity index (χ3n) is 3.07. The predicted molar refractivity (Wildman–Crippen MR) is 78.3 cm³/mol. The van der Waals surface area contributed by atoms with E-state index in [0.29, 0.717) is 11.9 Å². The number of rotatable bonds is 3. The van der Waals surface area contributed by atoms with Crippen LogP contribution in [0.4, 0.5) is 5.69 Å². The molecule has 20 heavy (non-hydrogen) atoms. The van der Waals surface area contributed by atoms with Crippen molar-refractivity contribution in [3.8, 4) is 0 Å². The molecule has 0 unspecified atom stereocenters. The summed E-state index contributed by atoms with van der Waals surface area (Å²) in [6, 6.07) is 10.0. The zero-order valence-electron chi connectivity index (χ0n) is 10.4. The number of nitro groups is 1. The largest absolute Gasteiger partial charge is 0.311 e. The van der Waals surface area contributed by atoms with Crippen LogP contribution in [0.3, 0.4) is 0 Å². The third-order valence-corrected chi connectivity index (χ3v) is 3.95. The second-order valence-corrected chi connectivity index (χ2v) is 5.32.